The molecular formula is C12H12Br2N2O2. The molecule has 2 rings (SSSR count). The number of aryl methyl sites for hydroxylation is 1. The molecule has 0 bridgehead atoms. The van der Waals surface area contributed by atoms with E-state index in [0.717, 1.165) is 14.5 Å². The first-order valence-corrected chi connectivity index (χ1v) is 6.81. The SMILES string of the molecule is COc1cnn(C)c1C(O)c1cc(Br)cc(Br)c1. The molecule has 0 radical (unpaired) electrons. The van der Waals surface area contributed by atoms with Gasteiger partial charge in [-0.1, -0.05) is 31.9 Å². The van der Waals surface area contributed by atoms with Gasteiger partial charge in [-0.2, -0.15) is 5.10 Å². The van der Waals surface area contributed by atoms with Gasteiger partial charge in [0.1, 0.15) is 11.8 Å². The van der Waals surface area contributed by atoms with E-state index >= 15 is 0 Å². The number of ether oxygens (including phenoxy) is 1. The van der Waals surface area contributed by atoms with Gasteiger partial charge in [0.2, 0.25) is 0 Å². The molecule has 1 aromatic heterocycles. The van der Waals surface area contributed by atoms with Crippen LogP contribution in [-0.4, -0.2) is 22.0 Å². The molecule has 18 heavy (non-hydrogen) atoms. The van der Waals surface area contributed by atoms with Crippen molar-refractivity contribution in [2.75, 3.05) is 7.11 Å². The van der Waals surface area contributed by atoms with Gasteiger partial charge in [0.05, 0.1) is 13.3 Å². The molecule has 1 aromatic carbocycles. The van der Waals surface area contributed by atoms with Gasteiger partial charge < -0.3 is 9.84 Å². The standard InChI is InChI=1S/C12H12Br2N2O2/c1-16-11(10(18-2)6-15-16)12(17)7-3-8(13)5-9(14)4-7/h3-6,12,17H,1-2H3. The van der Waals surface area contributed by atoms with E-state index in [9.17, 15) is 5.11 Å². The minimum absolute atomic E-state index is 0.570. The van der Waals surface area contributed by atoms with Gasteiger partial charge in [0, 0.05) is 16.0 Å². The van der Waals surface area contributed by atoms with Crippen molar-refractivity contribution >= 4 is 31.9 Å². The van der Waals surface area contributed by atoms with Crippen molar-refractivity contribution in [1.29, 1.82) is 0 Å². The van der Waals surface area contributed by atoms with Gasteiger partial charge in [0.15, 0.2) is 5.75 Å². The molecular weight excluding hydrogens is 364 g/mol. The molecule has 0 aliphatic rings. The molecule has 1 atom stereocenters. The molecule has 1 unspecified atom stereocenters. The summed E-state index contributed by atoms with van der Waals surface area (Å²) in [5.41, 5.74) is 1.39. The first-order chi connectivity index (χ1) is 8.52. The highest BCUT2D eigenvalue weighted by Gasteiger charge is 2.20. The summed E-state index contributed by atoms with van der Waals surface area (Å²) in [6, 6.07) is 5.64. The molecule has 6 heteroatoms. The van der Waals surface area contributed by atoms with Crippen LogP contribution in [-0.2, 0) is 7.05 Å². The second-order valence-electron chi connectivity index (χ2n) is 3.83. The number of nitrogens with zero attached hydrogens (tertiary/aromatic N) is 2. The number of halogens is 2. The van der Waals surface area contributed by atoms with Crippen LogP contribution in [0.1, 0.15) is 17.4 Å². The Kier molecular flexibility index (Phi) is 4.09. The van der Waals surface area contributed by atoms with E-state index in [1.54, 1.807) is 25.0 Å². The van der Waals surface area contributed by atoms with Crippen LogP contribution < -0.4 is 4.74 Å². The highest BCUT2D eigenvalue weighted by molar-refractivity contribution is 9.11. The third kappa shape index (κ3) is 2.60. The predicted octanol–water partition coefficient (Wildman–Crippen LogP) is 3.04. The summed E-state index contributed by atoms with van der Waals surface area (Å²) in [5, 5.41) is 14.5. The zero-order valence-electron chi connectivity index (χ0n) is 9.89. The summed E-state index contributed by atoms with van der Waals surface area (Å²) < 4.78 is 8.60. The van der Waals surface area contributed by atoms with Crippen LogP contribution in [0.15, 0.2) is 33.3 Å². The van der Waals surface area contributed by atoms with Gasteiger partial charge in [-0.05, 0) is 23.8 Å². The lowest BCUT2D eigenvalue weighted by atomic mass is 10.1. The maximum absolute atomic E-state index is 10.4. The number of methoxy groups -OCH3 is 1. The number of aromatic nitrogens is 2. The van der Waals surface area contributed by atoms with Crippen molar-refractivity contribution < 1.29 is 9.84 Å². The number of aliphatic hydroxyl groups is 1. The third-order valence-electron chi connectivity index (χ3n) is 2.63. The second-order valence-corrected chi connectivity index (χ2v) is 5.66. The van der Waals surface area contributed by atoms with Gasteiger partial charge in [-0.3, -0.25) is 4.68 Å². The van der Waals surface area contributed by atoms with Gasteiger partial charge >= 0.3 is 0 Å². The van der Waals surface area contributed by atoms with Crippen LogP contribution in [0.2, 0.25) is 0 Å². The minimum Gasteiger partial charge on any atom is -0.493 e. The van der Waals surface area contributed by atoms with Crippen LogP contribution in [0.5, 0.6) is 5.75 Å². The summed E-state index contributed by atoms with van der Waals surface area (Å²) in [5.74, 6) is 0.570. The molecule has 2 aromatic rings. The molecule has 0 amide bonds. The number of aliphatic hydroxyl groups excluding tert-OH is 1. The Morgan fingerprint density at radius 1 is 1.28 bits per heavy atom. The summed E-state index contributed by atoms with van der Waals surface area (Å²) in [6.07, 6.45) is 0.798. The Bertz CT molecular complexity index is 549. The smallest absolute Gasteiger partial charge is 0.162 e. The number of rotatable bonds is 3. The summed E-state index contributed by atoms with van der Waals surface area (Å²) in [7, 11) is 3.33. The average Bonchev–Trinajstić information content (AvgIpc) is 2.68. The monoisotopic (exact) mass is 374 g/mol. The Morgan fingerprint density at radius 2 is 1.89 bits per heavy atom. The average molecular weight is 376 g/mol. The quantitative estimate of drug-likeness (QED) is 0.896. The Hall–Kier alpha value is -0.850. The third-order valence-corrected chi connectivity index (χ3v) is 3.54. The van der Waals surface area contributed by atoms with E-state index < -0.39 is 6.10 Å². The van der Waals surface area contributed by atoms with E-state index in [1.807, 2.05) is 18.2 Å². The highest BCUT2D eigenvalue weighted by Crippen LogP contribution is 2.32. The Labute approximate surface area is 122 Å². The van der Waals surface area contributed by atoms with E-state index in [4.69, 9.17) is 4.74 Å². The first-order valence-electron chi connectivity index (χ1n) is 5.23. The van der Waals surface area contributed by atoms with Crippen LogP contribution in [0.3, 0.4) is 0 Å². The van der Waals surface area contributed by atoms with Crippen molar-refractivity contribution in [2.24, 2.45) is 7.05 Å². The zero-order valence-corrected chi connectivity index (χ0v) is 13.1. The van der Waals surface area contributed by atoms with Crippen molar-refractivity contribution in [1.82, 2.24) is 9.78 Å². The Balaban J connectivity index is 2.47. The highest BCUT2D eigenvalue weighted by atomic mass is 79.9. The molecule has 0 aliphatic carbocycles. The predicted molar refractivity (Wildman–Crippen MR) is 75.7 cm³/mol. The lowest BCUT2D eigenvalue weighted by Gasteiger charge is -2.14. The van der Waals surface area contributed by atoms with E-state index in [1.165, 1.54) is 0 Å². The zero-order chi connectivity index (χ0) is 13.3. The summed E-state index contributed by atoms with van der Waals surface area (Å²) >= 11 is 6.81. The molecule has 1 N–H and O–H groups in total. The second kappa shape index (κ2) is 5.42. The van der Waals surface area contributed by atoms with E-state index in [-0.39, 0.29) is 0 Å². The topological polar surface area (TPSA) is 47.3 Å². The van der Waals surface area contributed by atoms with Crippen molar-refractivity contribution in [3.8, 4) is 5.75 Å². The lowest BCUT2D eigenvalue weighted by molar-refractivity contribution is 0.204. The van der Waals surface area contributed by atoms with Crippen LogP contribution in [0.25, 0.3) is 0 Å². The summed E-state index contributed by atoms with van der Waals surface area (Å²) in [6.45, 7) is 0. The molecule has 0 fully saturated rings. The maximum Gasteiger partial charge on any atom is 0.162 e. The summed E-state index contributed by atoms with van der Waals surface area (Å²) in [4.78, 5) is 0. The first kappa shape index (κ1) is 13.6. The molecule has 0 aliphatic heterocycles. The normalized spacial score (nSPS) is 12.5. The number of benzene rings is 1. The molecule has 96 valence electrons. The number of hydrogen-bond donors (Lipinski definition) is 1. The molecule has 4 nitrogen and oxygen atoms in total. The van der Waals surface area contributed by atoms with Crippen LogP contribution >= 0.6 is 31.9 Å². The van der Waals surface area contributed by atoms with E-state index in [0.29, 0.717) is 11.4 Å². The molecule has 1 heterocycles. The maximum atomic E-state index is 10.4. The van der Waals surface area contributed by atoms with Gasteiger partial charge in [0.25, 0.3) is 0 Å². The Morgan fingerprint density at radius 3 is 2.44 bits per heavy atom. The largest absolute Gasteiger partial charge is 0.493 e. The van der Waals surface area contributed by atoms with Crippen molar-refractivity contribution in [3.05, 3.63) is 44.6 Å². The fraction of sp³-hybridized carbons (Fsp3) is 0.250. The number of hydrogen-bond acceptors (Lipinski definition) is 3. The molecule has 0 saturated carbocycles. The fourth-order valence-electron chi connectivity index (χ4n) is 1.79. The molecule has 0 saturated heterocycles. The van der Waals surface area contributed by atoms with E-state index in [2.05, 4.69) is 37.0 Å². The van der Waals surface area contributed by atoms with Gasteiger partial charge in [-0.25, -0.2) is 0 Å². The molecule has 0 spiro atoms. The van der Waals surface area contributed by atoms with Gasteiger partial charge in [-0.15, -0.1) is 0 Å². The van der Waals surface area contributed by atoms with Crippen molar-refractivity contribution in [3.63, 3.8) is 0 Å². The fourth-order valence-corrected chi connectivity index (χ4v) is 3.12. The van der Waals surface area contributed by atoms with Crippen molar-refractivity contribution in [2.45, 2.75) is 6.10 Å². The van der Waals surface area contributed by atoms with Crippen LogP contribution in [0.4, 0.5) is 0 Å². The lowest BCUT2D eigenvalue weighted by Crippen LogP contribution is -2.08. The van der Waals surface area contributed by atoms with Crippen LogP contribution in [0, 0.1) is 0 Å². The minimum atomic E-state index is -0.791.